The molecular formula is C18H22N2OS2. The minimum absolute atomic E-state index is 0.101. The van der Waals surface area contributed by atoms with Gasteiger partial charge in [0.05, 0.1) is 4.88 Å². The Morgan fingerprint density at radius 1 is 1.30 bits per heavy atom. The van der Waals surface area contributed by atoms with Crippen LogP contribution in [-0.4, -0.2) is 29.9 Å². The van der Waals surface area contributed by atoms with Gasteiger partial charge in [-0.25, -0.2) is 0 Å². The third-order valence-electron chi connectivity index (χ3n) is 4.99. The molecule has 0 unspecified atom stereocenters. The molecule has 23 heavy (non-hydrogen) atoms. The molecule has 5 heteroatoms. The van der Waals surface area contributed by atoms with Crippen molar-refractivity contribution in [2.75, 3.05) is 13.1 Å². The van der Waals surface area contributed by atoms with Crippen LogP contribution < -0.4 is 5.32 Å². The molecular weight excluding hydrogens is 324 g/mol. The third kappa shape index (κ3) is 3.10. The highest BCUT2D eigenvalue weighted by Crippen LogP contribution is 2.30. The van der Waals surface area contributed by atoms with E-state index in [1.807, 2.05) is 11.3 Å². The zero-order valence-corrected chi connectivity index (χ0v) is 15.1. The van der Waals surface area contributed by atoms with Gasteiger partial charge in [0, 0.05) is 35.4 Å². The Hall–Kier alpha value is -1.17. The van der Waals surface area contributed by atoms with Gasteiger partial charge >= 0.3 is 0 Å². The minimum atomic E-state index is 0.101. The summed E-state index contributed by atoms with van der Waals surface area (Å²) >= 11 is 3.56. The van der Waals surface area contributed by atoms with Crippen molar-refractivity contribution < 1.29 is 4.79 Å². The van der Waals surface area contributed by atoms with E-state index < -0.39 is 0 Å². The maximum absolute atomic E-state index is 12.4. The van der Waals surface area contributed by atoms with Gasteiger partial charge < -0.3 is 5.32 Å². The zero-order valence-electron chi connectivity index (χ0n) is 13.4. The van der Waals surface area contributed by atoms with Gasteiger partial charge in [0.2, 0.25) is 0 Å². The molecule has 1 atom stereocenters. The van der Waals surface area contributed by atoms with Gasteiger partial charge in [-0.2, -0.15) is 0 Å². The lowest BCUT2D eigenvalue weighted by Crippen LogP contribution is -2.44. The van der Waals surface area contributed by atoms with Crippen molar-refractivity contribution in [1.29, 1.82) is 0 Å². The van der Waals surface area contributed by atoms with Gasteiger partial charge in [-0.3, -0.25) is 9.69 Å². The summed E-state index contributed by atoms with van der Waals surface area (Å²) in [5.41, 5.74) is 2.86. The lowest BCUT2D eigenvalue weighted by molar-refractivity contribution is 0.0936. The fourth-order valence-corrected chi connectivity index (χ4v) is 5.60. The molecule has 0 spiro atoms. The Morgan fingerprint density at radius 3 is 3.09 bits per heavy atom. The second-order valence-corrected chi connectivity index (χ2v) is 8.70. The highest BCUT2D eigenvalue weighted by Gasteiger charge is 2.23. The SMILES string of the molecule is C[C@H](CNC(=O)c1cc2c(s1)CCC2)N1CCc2sccc2C1. The van der Waals surface area contributed by atoms with E-state index in [1.54, 1.807) is 11.3 Å². The van der Waals surface area contributed by atoms with E-state index in [2.05, 4.69) is 34.7 Å². The summed E-state index contributed by atoms with van der Waals surface area (Å²) in [7, 11) is 0. The molecule has 1 aliphatic heterocycles. The van der Waals surface area contributed by atoms with E-state index in [9.17, 15) is 4.79 Å². The van der Waals surface area contributed by atoms with Crippen molar-refractivity contribution in [2.24, 2.45) is 0 Å². The quantitative estimate of drug-likeness (QED) is 0.919. The predicted octanol–water partition coefficient (Wildman–Crippen LogP) is 3.47. The second kappa shape index (κ2) is 6.38. The first kappa shape index (κ1) is 15.4. The molecule has 0 fully saturated rings. The summed E-state index contributed by atoms with van der Waals surface area (Å²) in [6.45, 7) is 5.05. The standard InChI is InChI=1S/C18H22N2OS2/c1-12(20-7-5-15-14(11-20)6-8-22-15)10-19-18(21)17-9-13-3-2-4-16(13)23-17/h6,8-9,12H,2-5,7,10-11H2,1H3,(H,19,21)/t12-/m1/s1. The molecule has 1 N–H and O–H groups in total. The van der Waals surface area contributed by atoms with Crippen molar-refractivity contribution in [3.05, 3.63) is 43.3 Å². The second-order valence-electron chi connectivity index (χ2n) is 6.56. The number of rotatable bonds is 4. The van der Waals surface area contributed by atoms with Crippen LogP contribution in [0, 0.1) is 0 Å². The maximum Gasteiger partial charge on any atom is 0.261 e. The number of aryl methyl sites for hydroxylation is 2. The van der Waals surface area contributed by atoms with Crippen molar-refractivity contribution in [3.63, 3.8) is 0 Å². The van der Waals surface area contributed by atoms with E-state index in [1.165, 1.54) is 27.3 Å². The number of thiophene rings is 2. The van der Waals surface area contributed by atoms with Crippen LogP contribution >= 0.6 is 22.7 Å². The number of amides is 1. The fourth-order valence-electron chi connectivity index (χ4n) is 3.54. The Bertz CT molecular complexity index is 697. The minimum Gasteiger partial charge on any atom is -0.350 e. The monoisotopic (exact) mass is 346 g/mol. The largest absolute Gasteiger partial charge is 0.350 e. The van der Waals surface area contributed by atoms with Crippen LogP contribution in [0.15, 0.2) is 17.5 Å². The lowest BCUT2D eigenvalue weighted by atomic mass is 10.1. The molecule has 2 aliphatic rings. The van der Waals surface area contributed by atoms with Crippen molar-refractivity contribution in [2.45, 2.75) is 45.2 Å². The molecule has 0 aromatic carbocycles. The summed E-state index contributed by atoms with van der Waals surface area (Å²) in [4.78, 5) is 18.7. The first-order chi connectivity index (χ1) is 11.2. The number of carbonyl (C=O) groups is 1. The number of fused-ring (bicyclic) bond motifs is 2. The Morgan fingerprint density at radius 2 is 2.22 bits per heavy atom. The van der Waals surface area contributed by atoms with Crippen LogP contribution in [0.3, 0.4) is 0 Å². The van der Waals surface area contributed by atoms with E-state index in [4.69, 9.17) is 0 Å². The normalized spacial score (nSPS) is 18.5. The lowest BCUT2D eigenvalue weighted by Gasteiger charge is -2.32. The highest BCUT2D eigenvalue weighted by atomic mass is 32.1. The smallest absolute Gasteiger partial charge is 0.261 e. The van der Waals surface area contributed by atoms with Gasteiger partial charge in [0.25, 0.3) is 5.91 Å². The van der Waals surface area contributed by atoms with Gasteiger partial charge in [-0.15, -0.1) is 22.7 Å². The average Bonchev–Trinajstić information content (AvgIpc) is 3.25. The van der Waals surface area contributed by atoms with Crippen LogP contribution in [0.1, 0.15) is 43.9 Å². The van der Waals surface area contributed by atoms with E-state index in [0.29, 0.717) is 6.04 Å². The van der Waals surface area contributed by atoms with Gasteiger partial charge in [-0.05, 0) is 61.2 Å². The molecule has 3 nitrogen and oxygen atoms in total. The van der Waals surface area contributed by atoms with E-state index in [0.717, 1.165) is 43.8 Å². The highest BCUT2D eigenvalue weighted by molar-refractivity contribution is 7.14. The van der Waals surface area contributed by atoms with Crippen LogP contribution in [-0.2, 0) is 25.8 Å². The fraction of sp³-hybridized carbons (Fsp3) is 0.500. The Labute approximate surface area is 145 Å². The Balaban J connectivity index is 1.32. The molecule has 0 bridgehead atoms. The van der Waals surface area contributed by atoms with Crippen molar-refractivity contribution in [3.8, 4) is 0 Å². The van der Waals surface area contributed by atoms with Crippen LogP contribution in [0.4, 0.5) is 0 Å². The topological polar surface area (TPSA) is 32.3 Å². The van der Waals surface area contributed by atoms with Gasteiger partial charge in [0.1, 0.15) is 0 Å². The number of nitrogens with one attached hydrogen (secondary N) is 1. The van der Waals surface area contributed by atoms with E-state index in [-0.39, 0.29) is 5.91 Å². The molecule has 1 aliphatic carbocycles. The molecule has 4 rings (SSSR count). The first-order valence-corrected chi connectivity index (χ1v) is 10.1. The number of carbonyl (C=O) groups excluding carboxylic acids is 1. The number of hydrogen-bond acceptors (Lipinski definition) is 4. The summed E-state index contributed by atoms with van der Waals surface area (Å²) in [6.07, 6.45) is 4.69. The average molecular weight is 347 g/mol. The van der Waals surface area contributed by atoms with Crippen molar-refractivity contribution in [1.82, 2.24) is 10.2 Å². The molecule has 2 aromatic heterocycles. The predicted molar refractivity (Wildman–Crippen MR) is 96.6 cm³/mol. The molecule has 122 valence electrons. The third-order valence-corrected chi connectivity index (χ3v) is 7.25. The van der Waals surface area contributed by atoms with E-state index >= 15 is 0 Å². The Kier molecular flexibility index (Phi) is 4.26. The number of nitrogens with zero attached hydrogens (tertiary/aromatic N) is 1. The molecule has 3 heterocycles. The molecule has 2 aromatic rings. The molecule has 0 saturated heterocycles. The first-order valence-electron chi connectivity index (χ1n) is 8.40. The van der Waals surface area contributed by atoms with Gasteiger partial charge in [0.15, 0.2) is 0 Å². The molecule has 0 saturated carbocycles. The van der Waals surface area contributed by atoms with Crippen molar-refractivity contribution >= 4 is 28.6 Å². The summed E-state index contributed by atoms with van der Waals surface area (Å²) in [5, 5.41) is 5.33. The summed E-state index contributed by atoms with van der Waals surface area (Å²) in [6, 6.07) is 4.72. The van der Waals surface area contributed by atoms with Crippen LogP contribution in [0.5, 0.6) is 0 Å². The number of hydrogen-bond donors (Lipinski definition) is 1. The summed E-state index contributed by atoms with van der Waals surface area (Å²) in [5.74, 6) is 0.101. The maximum atomic E-state index is 12.4. The van der Waals surface area contributed by atoms with Crippen LogP contribution in [0.2, 0.25) is 0 Å². The summed E-state index contributed by atoms with van der Waals surface area (Å²) < 4.78 is 0. The van der Waals surface area contributed by atoms with Gasteiger partial charge in [-0.1, -0.05) is 0 Å². The molecule has 0 radical (unpaired) electrons. The molecule has 1 amide bonds. The zero-order chi connectivity index (χ0) is 15.8. The van der Waals surface area contributed by atoms with Crippen LogP contribution in [0.25, 0.3) is 0 Å².